The van der Waals surface area contributed by atoms with Gasteiger partial charge in [-0.05, 0) is 49.9 Å². The number of carbonyl (C=O) groups is 1. The normalized spacial score (nSPS) is 17.6. The smallest absolute Gasteiger partial charge is 0.254 e. The average Bonchev–Trinajstić information content (AvgIpc) is 2.62. The van der Waals surface area contributed by atoms with Crippen LogP contribution in [0.3, 0.4) is 0 Å². The summed E-state index contributed by atoms with van der Waals surface area (Å²) in [6.07, 6.45) is 3.22. The molecule has 1 aliphatic rings. The molecule has 126 valence electrons. The molecule has 1 fully saturated rings. The summed E-state index contributed by atoms with van der Waals surface area (Å²) in [5.41, 5.74) is 2.95. The molecule has 1 aromatic carbocycles. The van der Waals surface area contributed by atoms with Crippen molar-refractivity contribution in [1.29, 1.82) is 0 Å². The number of aromatic nitrogens is 1. The second-order valence-electron chi connectivity index (χ2n) is 6.61. The molecule has 1 amide bonds. The van der Waals surface area contributed by atoms with Crippen molar-refractivity contribution in [3.8, 4) is 0 Å². The minimum atomic E-state index is 0.121. The summed E-state index contributed by atoms with van der Waals surface area (Å²) in [7, 11) is 3.99. The zero-order valence-corrected chi connectivity index (χ0v) is 14.7. The lowest BCUT2D eigenvalue weighted by molar-refractivity contribution is 0.0610. The monoisotopic (exact) mass is 323 g/mol. The lowest BCUT2D eigenvalue weighted by Crippen LogP contribution is -2.38. The summed E-state index contributed by atoms with van der Waals surface area (Å²) < 4.78 is 0. The molecule has 1 atom stereocenters. The highest BCUT2D eigenvalue weighted by atomic mass is 16.2. The minimum Gasteiger partial charge on any atom is -0.363 e. The van der Waals surface area contributed by atoms with Crippen molar-refractivity contribution < 1.29 is 4.79 Å². The fourth-order valence-corrected chi connectivity index (χ4v) is 3.40. The highest BCUT2D eigenvalue weighted by molar-refractivity contribution is 5.94. The molecule has 24 heavy (non-hydrogen) atoms. The first-order chi connectivity index (χ1) is 11.6. The predicted molar refractivity (Wildman–Crippen MR) is 97.4 cm³/mol. The molecule has 0 unspecified atom stereocenters. The van der Waals surface area contributed by atoms with Gasteiger partial charge in [-0.1, -0.05) is 24.3 Å². The number of carbonyl (C=O) groups excluding carboxylic acids is 1. The third-order valence-electron chi connectivity index (χ3n) is 4.71. The lowest BCUT2D eigenvalue weighted by atomic mass is 9.93. The standard InChI is InChI=1S/C20H25N3O/c1-15-17(12-13-19(21-15)22(2)3)18-11-7-8-14-23(18)20(24)16-9-5-4-6-10-16/h4-6,9-10,12-13,18H,7-8,11,14H2,1-3H3/t18-/m1/s1. The van der Waals surface area contributed by atoms with E-state index in [1.54, 1.807) is 0 Å². The van der Waals surface area contributed by atoms with Crippen LogP contribution in [0.5, 0.6) is 0 Å². The van der Waals surface area contributed by atoms with Crippen LogP contribution in [0, 0.1) is 6.92 Å². The highest BCUT2D eigenvalue weighted by Crippen LogP contribution is 2.34. The zero-order valence-electron chi connectivity index (χ0n) is 14.7. The molecular weight excluding hydrogens is 298 g/mol. The van der Waals surface area contributed by atoms with E-state index in [-0.39, 0.29) is 11.9 Å². The molecule has 4 heteroatoms. The maximum absolute atomic E-state index is 13.0. The van der Waals surface area contributed by atoms with Crippen LogP contribution in [0.2, 0.25) is 0 Å². The Morgan fingerprint density at radius 3 is 2.54 bits per heavy atom. The number of pyridine rings is 1. The maximum atomic E-state index is 13.0. The molecule has 4 nitrogen and oxygen atoms in total. The van der Waals surface area contributed by atoms with Crippen LogP contribution >= 0.6 is 0 Å². The second-order valence-corrected chi connectivity index (χ2v) is 6.61. The summed E-state index contributed by atoms with van der Waals surface area (Å²) in [5.74, 6) is 1.07. The van der Waals surface area contributed by atoms with Gasteiger partial charge in [-0.15, -0.1) is 0 Å². The second kappa shape index (κ2) is 7.04. The Kier molecular flexibility index (Phi) is 4.84. The van der Waals surface area contributed by atoms with E-state index in [9.17, 15) is 4.79 Å². The topological polar surface area (TPSA) is 36.4 Å². The van der Waals surface area contributed by atoms with E-state index in [4.69, 9.17) is 4.98 Å². The largest absolute Gasteiger partial charge is 0.363 e. The summed E-state index contributed by atoms with van der Waals surface area (Å²) in [4.78, 5) is 21.7. The molecule has 0 radical (unpaired) electrons. The number of piperidine rings is 1. The van der Waals surface area contributed by atoms with Gasteiger partial charge in [0.1, 0.15) is 5.82 Å². The van der Waals surface area contributed by atoms with Crippen LogP contribution < -0.4 is 4.90 Å². The Balaban J connectivity index is 1.91. The Labute approximate surface area is 144 Å². The van der Waals surface area contributed by atoms with Gasteiger partial charge in [0.25, 0.3) is 5.91 Å². The number of nitrogens with zero attached hydrogens (tertiary/aromatic N) is 3. The fourth-order valence-electron chi connectivity index (χ4n) is 3.40. The maximum Gasteiger partial charge on any atom is 0.254 e. The molecule has 2 aromatic rings. The Morgan fingerprint density at radius 1 is 1.12 bits per heavy atom. The van der Waals surface area contributed by atoms with Crippen molar-refractivity contribution in [2.24, 2.45) is 0 Å². The predicted octanol–water partition coefficient (Wildman–Crippen LogP) is 3.82. The van der Waals surface area contributed by atoms with Crippen molar-refractivity contribution in [2.75, 3.05) is 25.5 Å². The van der Waals surface area contributed by atoms with Gasteiger partial charge >= 0.3 is 0 Å². The summed E-state index contributed by atoms with van der Waals surface area (Å²) >= 11 is 0. The van der Waals surface area contributed by atoms with E-state index in [2.05, 4.69) is 6.07 Å². The summed E-state index contributed by atoms with van der Waals surface area (Å²) in [6, 6.07) is 13.9. The number of aryl methyl sites for hydroxylation is 1. The van der Waals surface area contributed by atoms with Gasteiger partial charge in [0, 0.05) is 31.9 Å². The van der Waals surface area contributed by atoms with Gasteiger partial charge in [-0.3, -0.25) is 4.79 Å². The number of benzene rings is 1. The number of rotatable bonds is 3. The van der Waals surface area contributed by atoms with E-state index < -0.39 is 0 Å². The van der Waals surface area contributed by atoms with Crippen LogP contribution in [-0.2, 0) is 0 Å². The summed E-state index contributed by atoms with van der Waals surface area (Å²) in [5, 5.41) is 0. The third-order valence-corrected chi connectivity index (χ3v) is 4.71. The van der Waals surface area contributed by atoms with E-state index in [0.29, 0.717) is 0 Å². The first-order valence-corrected chi connectivity index (χ1v) is 8.59. The van der Waals surface area contributed by atoms with Gasteiger partial charge in [0.2, 0.25) is 0 Å². The molecule has 0 spiro atoms. The van der Waals surface area contributed by atoms with Gasteiger partial charge in [0.05, 0.1) is 6.04 Å². The van der Waals surface area contributed by atoms with E-state index >= 15 is 0 Å². The first kappa shape index (κ1) is 16.5. The van der Waals surface area contributed by atoms with Crippen LogP contribution in [0.15, 0.2) is 42.5 Å². The first-order valence-electron chi connectivity index (χ1n) is 8.59. The molecule has 0 N–H and O–H groups in total. The van der Waals surface area contributed by atoms with Gasteiger partial charge in [-0.25, -0.2) is 4.98 Å². The number of amides is 1. The quantitative estimate of drug-likeness (QED) is 0.861. The van der Waals surface area contributed by atoms with E-state index in [0.717, 1.165) is 42.9 Å². The van der Waals surface area contributed by atoms with Crippen molar-refractivity contribution in [3.05, 3.63) is 59.3 Å². The molecule has 3 rings (SSSR count). The Hall–Kier alpha value is -2.36. The number of hydrogen-bond acceptors (Lipinski definition) is 3. The molecule has 0 aliphatic carbocycles. The van der Waals surface area contributed by atoms with Crippen molar-refractivity contribution in [2.45, 2.75) is 32.2 Å². The van der Waals surface area contributed by atoms with E-state index in [1.165, 1.54) is 5.56 Å². The molecular formula is C20H25N3O. The van der Waals surface area contributed by atoms with E-state index in [1.807, 2.05) is 67.2 Å². The van der Waals surface area contributed by atoms with Crippen LogP contribution in [0.1, 0.15) is 46.9 Å². The molecule has 1 aromatic heterocycles. The molecule has 0 bridgehead atoms. The van der Waals surface area contributed by atoms with Crippen LogP contribution in [-0.4, -0.2) is 36.4 Å². The van der Waals surface area contributed by atoms with Gasteiger partial charge in [-0.2, -0.15) is 0 Å². The van der Waals surface area contributed by atoms with Gasteiger partial charge in [0.15, 0.2) is 0 Å². The SMILES string of the molecule is Cc1nc(N(C)C)ccc1[C@H]1CCCCN1C(=O)c1ccccc1. The van der Waals surface area contributed by atoms with Crippen LogP contribution in [0.25, 0.3) is 0 Å². The fraction of sp³-hybridized carbons (Fsp3) is 0.400. The molecule has 1 aliphatic heterocycles. The molecule has 0 saturated carbocycles. The molecule has 1 saturated heterocycles. The third kappa shape index (κ3) is 3.28. The highest BCUT2D eigenvalue weighted by Gasteiger charge is 2.30. The Bertz CT molecular complexity index is 712. The Morgan fingerprint density at radius 2 is 1.88 bits per heavy atom. The zero-order chi connectivity index (χ0) is 17.1. The number of hydrogen-bond donors (Lipinski definition) is 0. The van der Waals surface area contributed by atoms with Crippen molar-refractivity contribution in [1.82, 2.24) is 9.88 Å². The van der Waals surface area contributed by atoms with Crippen LogP contribution in [0.4, 0.5) is 5.82 Å². The number of likely N-dealkylation sites (tertiary alicyclic amines) is 1. The van der Waals surface area contributed by atoms with Gasteiger partial charge < -0.3 is 9.80 Å². The summed E-state index contributed by atoms with van der Waals surface area (Å²) in [6.45, 7) is 2.86. The lowest BCUT2D eigenvalue weighted by Gasteiger charge is -2.37. The minimum absolute atomic E-state index is 0.121. The number of anilines is 1. The van der Waals surface area contributed by atoms with Crippen molar-refractivity contribution >= 4 is 11.7 Å². The van der Waals surface area contributed by atoms with Crippen molar-refractivity contribution in [3.63, 3.8) is 0 Å². The average molecular weight is 323 g/mol. The molecule has 2 heterocycles.